The first-order valence-electron chi connectivity index (χ1n) is 14.7. The van der Waals surface area contributed by atoms with Gasteiger partial charge in [-0.05, 0) is 72.2 Å². The fraction of sp³-hybridized carbons (Fsp3) is 0.471. The zero-order valence-corrected chi connectivity index (χ0v) is 26.1. The zero-order chi connectivity index (χ0) is 28.7. The number of aromatic nitrogens is 1. The second kappa shape index (κ2) is 13.7. The number of benzene rings is 2. The molecule has 0 bridgehead atoms. The Kier molecular flexibility index (Phi) is 10.3. The number of hydrogen-bond acceptors (Lipinski definition) is 2. The van der Waals surface area contributed by atoms with Gasteiger partial charge in [-0.25, -0.2) is 0 Å². The molecule has 214 valence electrons. The van der Waals surface area contributed by atoms with Crippen LogP contribution in [0.4, 0.5) is 0 Å². The summed E-state index contributed by atoms with van der Waals surface area (Å²) < 4.78 is 3.30. The Bertz CT molecular complexity index is 1250. The maximum atomic E-state index is 14.0. The Balaban J connectivity index is 1.53. The van der Waals surface area contributed by atoms with E-state index < -0.39 is 0 Å². The molecule has 0 N–H and O–H groups in total. The molecule has 1 aromatic heterocycles. The van der Waals surface area contributed by atoms with E-state index in [9.17, 15) is 9.59 Å². The summed E-state index contributed by atoms with van der Waals surface area (Å²) in [5.41, 5.74) is 4.19. The van der Waals surface area contributed by atoms with Crippen molar-refractivity contribution < 1.29 is 9.59 Å². The maximum absolute atomic E-state index is 14.0. The van der Waals surface area contributed by atoms with Crippen LogP contribution in [0.25, 0.3) is 0 Å². The largest absolute Gasteiger partial charge is 0.345 e. The van der Waals surface area contributed by atoms with Crippen LogP contribution in [0.1, 0.15) is 93.4 Å². The smallest absolute Gasteiger partial charge is 0.254 e. The lowest BCUT2D eigenvalue weighted by Crippen LogP contribution is -2.47. The lowest BCUT2D eigenvalue weighted by atomic mass is 9.86. The van der Waals surface area contributed by atoms with E-state index in [1.54, 1.807) is 4.90 Å². The molecule has 1 heterocycles. The zero-order valence-electron chi connectivity index (χ0n) is 24.5. The minimum atomic E-state index is -0.0714. The van der Waals surface area contributed by atoms with Gasteiger partial charge in [-0.1, -0.05) is 87.2 Å². The van der Waals surface area contributed by atoms with Gasteiger partial charge < -0.3 is 14.4 Å². The van der Waals surface area contributed by atoms with Crippen molar-refractivity contribution in [1.82, 2.24) is 14.4 Å². The third-order valence-corrected chi connectivity index (χ3v) is 8.49. The second-order valence-electron chi connectivity index (χ2n) is 12.1. The van der Waals surface area contributed by atoms with Gasteiger partial charge >= 0.3 is 0 Å². The molecule has 1 aliphatic carbocycles. The Morgan fingerprint density at radius 1 is 0.950 bits per heavy atom. The molecule has 0 atom stereocenters. The summed E-state index contributed by atoms with van der Waals surface area (Å²) in [6.45, 7) is 10.5. The number of carbonyl (C=O) groups is 2. The van der Waals surface area contributed by atoms with Crippen molar-refractivity contribution in [3.63, 3.8) is 0 Å². The van der Waals surface area contributed by atoms with Crippen molar-refractivity contribution in [2.24, 2.45) is 0 Å². The maximum Gasteiger partial charge on any atom is 0.254 e. The Labute approximate surface area is 248 Å². The molecule has 0 spiro atoms. The van der Waals surface area contributed by atoms with Crippen LogP contribution in [-0.2, 0) is 23.3 Å². The summed E-state index contributed by atoms with van der Waals surface area (Å²) in [4.78, 5) is 31.4. The van der Waals surface area contributed by atoms with Crippen LogP contribution in [0.3, 0.4) is 0 Å². The molecular weight excluding hydrogens is 562 g/mol. The van der Waals surface area contributed by atoms with Gasteiger partial charge in [-0.3, -0.25) is 9.59 Å². The average molecular weight is 607 g/mol. The Hall–Kier alpha value is -2.86. The summed E-state index contributed by atoms with van der Waals surface area (Å²) in [5.74, 6) is -0.0331. The number of hydrogen-bond donors (Lipinski definition) is 0. The topological polar surface area (TPSA) is 45.6 Å². The van der Waals surface area contributed by atoms with E-state index in [0.717, 1.165) is 48.8 Å². The van der Waals surface area contributed by atoms with E-state index in [2.05, 4.69) is 95.7 Å². The molecule has 2 amide bonds. The molecule has 6 heteroatoms. The first kappa shape index (κ1) is 30.1. The predicted octanol–water partition coefficient (Wildman–Crippen LogP) is 7.81. The quantitative estimate of drug-likeness (QED) is 0.236. The highest BCUT2D eigenvalue weighted by atomic mass is 79.9. The van der Waals surface area contributed by atoms with Crippen molar-refractivity contribution in [2.75, 3.05) is 13.1 Å². The van der Waals surface area contributed by atoms with E-state index in [1.165, 1.54) is 17.5 Å². The fourth-order valence-corrected chi connectivity index (χ4v) is 5.86. The van der Waals surface area contributed by atoms with E-state index in [4.69, 9.17) is 0 Å². The van der Waals surface area contributed by atoms with Crippen LogP contribution in [-0.4, -0.2) is 45.3 Å². The monoisotopic (exact) mass is 605 g/mol. The van der Waals surface area contributed by atoms with Crippen molar-refractivity contribution in [1.29, 1.82) is 0 Å². The number of carbonyl (C=O) groups excluding carboxylic acids is 2. The van der Waals surface area contributed by atoms with Crippen LogP contribution in [0.2, 0.25) is 0 Å². The normalized spacial score (nSPS) is 14.2. The number of nitrogens with zero attached hydrogens (tertiary/aromatic N) is 3. The van der Waals surface area contributed by atoms with Gasteiger partial charge in [-0.2, -0.15) is 0 Å². The number of amides is 2. The van der Waals surface area contributed by atoms with Gasteiger partial charge in [0.2, 0.25) is 5.91 Å². The van der Waals surface area contributed by atoms with E-state index in [1.807, 2.05) is 24.3 Å². The molecule has 0 saturated heterocycles. The van der Waals surface area contributed by atoms with E-state index in [0.29, 0.717) is 18.7 Å². The molecule has 2 aromatic carbocycles. The van der Waals surface area contributed by atoms with Crippen LogP contribution in [0, 0.1) is 0 Å². The summed E-state index contributed by atoms with van der Waals surface area (Å²) in [6, 6.07) is 20.6. The molecule has 4 rings (SSSR count). The fourth-order valence-electron chi connectivity index (χ4n) is 5.59. The standard InChI is InChI=1S/C34H44BrN3O2/c1-5-21-37(33(40)27-15-17-28(18-16-27)34(2,3)4)25-32(39)38(30-10-7-6-8-11-30)24-31-12-9-22-36(31)23-26-13-19-29(35)20-14-26/h9,12-20,22,30H,5-8,10-11,21,23-25H2,1-4H3. The highest BCUT2D eigenvalue weighted by molar-refractivity contribution is 9.10. The minimum absolute atomic E-state index is 0.0240. The van der Waals surface area contributed by atoms with Crippen LogP contribution in [0.15, 0.2) is 71.3 Å². The highest BCUT2D eigenvalue weighted by Crippen LogP contribution is 2.26. The van der Waals surface area contributed by atoms with Gasteiger partial charge in [0.05, 0.1) is 6.54 Å². The second-order valence-corrected chi connectivity index (χ2v) is 13.0. The van der Waals surface area contributed by atoms with Crippen LogP contribution < -0.4 is 0 Å². The Morgan fingerprint density at radius 3 is 2.25 bits per heavy atom. The molecule has 3 aromatic rings. The summed E-state index contributed by atoms with van der Waals surface area (Å²) >= 11 is 3.52. The van der Waals surface area contributed by atoms with E-state index >= 15 is 0 Å². The van der Waals surface area contributed by atoms with Gasteiger partial charge in [0, 0.05) is 41.1 Å². The molecule has 0 radical (unpaired) electrons. The third-order valence-electron chi connectivity index (χ3n) is 7.96. The van der Waals surface area contributed by atoms with Gasteiger partial charge in [0.15, 0.2) is 0 Å². The molecule has 0 unspecified atom stereocenters. The molecular formula is C34H44BrN3O2. The minimum Gasteiger partial charge on any atom is -0.345 e. The number of halogens is 1. The van der Waals surface area contributed by atoms with Gasteiger partial charge in [0.25, 0.3) is 5.91 Å². The highest BCUT2D eigenvalue weighted by Gasteiger charge is 2.29. The van der Waals surface area contributed by atoms with Crippen molar-refractivity contribution in [2.45, 2.75) is 90.8 Å². The third kappa shape index (κ3) is 7.87. The lowest BCUT2D eigenvalue weighted by molar-refractivity contribution is -0.135. The van der Waals surface area contributed by atoms with Crippen molar-refractivity contribution in [3.8, 4) is 0 Å². The van der Waals surface area contributed by atoms with Crippen LogP contribution in [0.5, 0.6) is 0 Å². The van der Waals surface area contributed by atoms with Crippen LogP contribution >= 0.6 is 15.9 Å². The first-order valence-corrected chi connectivity index (χ1v) is 15.5. The van der Waals surface area contributed by atoms with Crippen molar-refractivity contribution >= 4 is 27.7 Å². The molecule has 40 heavy (non-hydrogen) atoms. The summed E-state index contributed by atoms with van der Waals surface area (Å²) in [5, 5.41) is 0. The first-order chi connectivity index (χ1) is 19.2. The van der Waals surface area contributed by atoms with E-state index in [-0.39, 0.29) is 29.8 Å². The lowest BCUT2D eigenvalue weighted by Gasteiger charge is -2.36. The predicted molar refractivity (Wildman–Crippen MR) is 166 cm³/mol. The number of rotatable bonds is 10. The van der Waals surface area contributed by atoms with Crippen molar-refractivity contribution in [3.05, 3.63) is 93.7 Å². The molecule has 1 saturated carbocycles. The van der Waals surface area contributed by atoms with Gasteiger partial charge in [0.1, 0.15) is 6.54 Å². The SMILES string of the molecule is CCCN(CC(=O)N(Cc1cccn1Cc1ccc(Br)cc1)C1CCCCC1)C(=O)c1ccc(C(C)(C)C)cc1. The molecule has 1 aliphatic rings. The molecule has 5 nitrogen and oxygen atoms in total. The van der Waals surface area contributed by atoms with Gasteiger partial charge in [-0.15, -0.1) is 0 Å². The molecule has 1 fully saturated rings. The summed E-state index contributed by atoms with van der Waals surface area (Å²) in [6.07, 6.45) is 8.46. The Morgan fingerprint density at radius 2 is 1.62 bits per heavy atom. The average Bonchev–Trinajstić information content (AvgIpc) is 3.38. The summed E-state index contributed by atoms with van der Waals surface area (Å²) in [7, 11) is 0. The molecule has 0 aliphatic heterocycles.